The van der Waals surface area contributed by atoms with Gasteiger partial charge in [0.25, 0.3) is 5.91 Å². The summed E-state index contributed by atoms with van der Waals surface area (Å²) in [6.45, 7) is 4.61. The number of rotatable bonds is 5. The van der Waals surface area contributed by atoms with Gasteiger partial charge in [0.05, 0.1) is 25.8 Å². The first-order chi connectivity index (χ1) is 13.9. The van der Waals surface area contributed by atoms with Crippen LogP contribution in [0.2, 0.25) is 0 Å². The Morgan fingerprint density at radius 2 is 1.93 bits per heavy atom. The summed E-state index contributed by atoms with van der Waals surface area (Å²) in [5.41, 5.74) is 6.68. The molecule has 2 amide bonds. The molecular formula is C21H22N4O4. The molecule has 150 valence electrons. The van der Waals surface area contributed by atoms with Gasteiger partial charge in [0, 0.05) is 30.9 Å². The lowest BCUT2D eigenvalue weighted by molar-refractivity contribution is -0.125. The highest BCUT2D eigenvalue weighted by atomic mass is 16.5. The number of hydrogen-bond donors (Lipinski definition) is 1. The summed E-state index contributed by atoms with van der Waals surface area (Å²) in [4.78, 5) is 25.4. The molecule has 1 unspecified atom stereocenters. The molecule has 8 nitrogen and oxygen atoms in total. The minimum atomic E-state index is -0.610. The lowest BCUT2D eigenvalue weighted by Gasteiger charge is -2.14. The van der Waals surface area contributed by atoms with E-state index in [1.165, 1.54) is 6.08 Å². The number of nitrogens with zero attached hydrogens (tertiary/aromatic N) is 3. The second kappa shape index (κ2) is 8.52. The average molecular weight is 394 g/mol. The van der Waals surface area contributed by atoms with Crippen molar-refractivity contribution >= 4 is 11.8 Å². The van der Waals surface area contributed by atoms with Crippen molar-refractivity contribution in [3.63, 3.8) is 0 Å². The largest absolute Gasteiger partial charge is 0.497 e. The highest BCUT2D eigenvalue weighted by Gasteiger charge is 2.28. The third kappa shape index (κ3) is 4.41. The van der Waals surface area contributed by atoms with Gasteiger partial charge in [-0.1, -0.05) is 12.5 Å². The molecule has 0 aliphatic carbocycles. The van der Waals surface area contributed by atoms with Crippen LogP contribution in [0.1, 0.15) is 34.1 Å². The number of amides is 2. The Hall–Kier alpha value is -3.73. The Kier molecular flexibility index (Phi) is 5.88. The predicted molar refractivity (Wildman–Crippen MR) is 107 cm³/mol. The van der Waals surface area contributed by atoms with E-state index in [1.807, 2.05) is 0 Å². The number of primary amides is 1. The van der Waals surface area contributed by atoms with Gasteiger partial charge in [0.2, 0.25) is 5.91 Å². The first kappa shape index (κ1) is 20.0. The van der Waals surface area contributed by atoms with Crippen molar-refractivity contribution in [2.24, 2.45) is 5.73 Å². The monoisotopic (exact) mass is 394 g/mol. The average Bonchev–Trinajstić information content (AvgIpc) is 3.38. The smallest absolute Gasteiger partial charge is 0.253 e. The summed E-state index contributed by atoms with van der Waals surface area (Å²) >= 11 is 0. The Labute approximate surface area is 168 Å². The van der Waals surface area contributed by atoms with E-state index < -0.39 is 5.91 Å². The Bertz CT molecular complexity index is 993. The summed E-state index contributed by atoms with van der Waals surface area (Å²) < 4.78 is 12.1. The molecule has 2 N–H and O–H groups in total. The van der Waals surface area contributed by atoms with Crippen LogP contribution in [0.15, 0.2) is 37.1 Å². The molecule has 1 aliphatic rings. The molecule has 1 atom stereocenters. The number of carbonyl (C=O) groups excluding carboxylic acids is 2. The lowest BCUT2D eigenvalue weighted by Crippen LogP contribution is -2.27. The minimum absolute atomic E-state index is 0.0514. The SMILES string of the molecule is C=CC(=O)N1CCC(n2cc(C(N)=O)c(C#Cc3cc(OC)cc(OC)c3)n2)C1. The molecule has 8 heteroatoms. The van der Waals surface area contributed by atoms with Crippen molar-refractivity contribution in [1.29, 1.82) is 0 Å². The van der Waals surface area contributed by atoms with Crippen LogP contribution in [0.25, 0.3) is 0 Å². The highest BCUT2D eigenvalue weighted by molar-refractivity contribution is 5.94. The molecule has 1 saturated heterocycles. The summed E-state index contributed by atoms with van der Waals surface area (Å²) in [6.07, 6.45) is 3.60. The Morgan fingerprint density at radius 3 is 2.52 bits per heavy atom. The van der Waals surface area contributed by atoms with Crippen molar-refractivity contribution in [3.8, 4) is 23.3 Å². The maximum absolute atomic E-state index is 11.9. The molecule has 29 heavy (non-hydrogen) atoms. The molecular weight excluding hydrogens is 372 g/mol. The third-order valence-corrected chi connectivity index (χ3v) is 4.70. The zero-order chi connectivity index (χ0) is 21.0. The standard InChI is InChI=1S/C21H22N4O4/c1-4-20(26)24-8-7-15(12-24)25-13-18(21(22)27)19(23-25)6-5-14-9-16(28-2)11-17(10-14)29-3/h4,9-11,13,15H,1,7-8,12H2,2-3H3,(H2,22,27). The molecule has 0 radical (unpaired) electrons. The zero-order valence-electron chi connectivity index (χ0n) is 16.3. The predicted octanol–water partition coefficient (Wildman–Crippen LogP) is 1.36. The molecule has 0 saturated carbocycles. The fourth-order valence-electron chi connectivity index (χ4n) is 3.15. The molecule has 2 heterocycles. The summed E-state index contributed by atoms with van der Waals surface area (Å²) in [6, 6.07) is 5.20. The van der Waals surface area contributed by atoms with Gasteiger partial charge in [-0.15, -0.1) is 0 Å². The third-order valence-electron chi connectivity index (χ3n) is 4.70. The molecule has 1 aromatic carbocycles. The number of ether oxygens (including phenoxy) is 2. The van der Waals surface area contributed by atoms with Crippen LogP contribution in [-0.4, -0.2) is 53.8 Å². The second-order valence-corrected chi connectivity index (χ2v) is 6.52. The molecule has 0 spiro atoms. The minimum Gasteiger partial charge on any atom is -0.497 e. The van der Waals surface area contributed by atoms with E-state index in [4.69, 9.17) is 15.2 Å². The van der Waals surface area contributed by atoms with E-state index in [0.29, 0.717) is 30.2 Å². The van der Waals surface area contributed by atoms with E-state index in [-0.39, 0.29) is 23.2 Å². The van der Waals surface area contributed by atoms with E-state index in [2.05, 4.69) is 23.5 Å². The Morgan fingerprint density at radius 1 is 1.24 bits per heavy atom. The number of carbonyl (C=O) groups is 2. The van der Waals surface area contributed by atoms with Gasteiger partial charge in [-0.05, 0) is 30.6 Å². The van der Waals surface area contributed by atoms with Crippen molar-refractivity contribution in [2.75, 3.05) is 27.3 Å². The quantitative estimate of drug-likeness (QED) is 0.610. The Balaban J connectivity index is 1.90. The van der Waals surface area contributed by atoms with Crippen LogP contribution in [-0.2, 0) is 4.79 Å². The van der Waals surface area contributed by atoms with Crippen LogP contribution < -0.4 is 15.2 Å². The van der Waals surface area contributed by atoms with Crippen LogP contribution in [0, 0.1) is 11.8 Å². The topological polar surface area (TPSA) is 99.7 Å². The molecule has 1 aromatic heterocycles. The van der Waals surface area contributed by atoms with Gasteiger partial charge >= 0.3 is 0 Å². The number of benzene rings is 1. The fraction of sp³-hybridized carbons (Fsp3) is 0.286. The van der Waals surface area contributed by atoms with Gasteiger partial charge in [0.1, 0.15) is 17.2 Å². The maximum Gasteiger partial charge on any atom is 0.253 e. The van der Waals surface area contributed by atoms with Crippen LogP contribution in [0.5, 0.6) is 11.5 Å². The van der Waals surface area contributed by atoms with Crippen LogP contribution in [0.3, 0.4) is 0 Å². The zero-order valence-corrected chi connectivity index (χ0v) is 16.3. The van der Waals surface area contributed by atoms with Gasteiger partial charge in [0.15, 0.2) is 0 Å². The van der Waals surface area contributed by atoms with Crippen LogP contribution >= 0.6 is 0 Å². The summed E-state index contributed by atoms with van der Waals surface area (Å²) in [7, 11) is 3.11. The van der Waals surface area contributed by atoms with E-state index in [9.17, 15) is 9.59 Å². The van der Waals surface area contributed by atoms with Crippen LogP contribution in [0.4, 0.5) is 0 Å². The first-order valence-corrected chi connectivity index (χ1v) is 9.00. The number of aromatic nitrogens is 2. The number of hydrogen-bond acceptors (Lipinski definition) is 5. The highest BCUT2D eigenvalue weighted by Crippen LogP contribution is 2.24. The van der Waals surface area contributed by atoms with Gasteiger partial charge in [-0.3, -0.25) is 14.3 Å². The first-order valence-electron chi connectivity index (χ1n) is 9.00. The molecule has 1 fully saturated rings. The second-order valence-electron chi connectivity index (χ2n) is 6.52. The maximum atomic E-state index is 11.9. The summed E-state index contributed by atoms with van der Waals surface area (Å²) in [5, 5.41) is 4.45. The normalized spacial score (nSPS) is 15.4. The number of nitrogens with two attached hydrogens (primary N) is 1. The van der Waals surface area contributed by atoms with Gasteiger partial charge < -0.3 is 20.1 Å². The lowest BCUT2D eigenvalue weighted by atomic mass is 10.2. The molecule has 1 aliphatic heterocycles. The van der Waals surface area contributed by atoms with E-state index in [0.717, 1.165) is 6.42 Å². The van der Waals surface area contributed by atoms with Crippen molar-refractivity contribution in [2.45, 2.75) is 12.5 Å². The van der Waals surface area contributed by atoms with Gasteiger partial charge in [-0.25, -0.2) is 0 Å². The summed E-state index contributed by atoms with van der Waals surface area (Å²) in [5.74, 6) is 6.36. The number of methoxy groups -OCH3 is 2. The molecule has 3 rings (SSSR count). The molecule has 2 aromatic rings. The van der Waals surface area contributed by atoms with Crippen molar-refractivity contribution < 1.29 is 19.1 Å². The number of likely N-dealkylation sites (tertiary alicyclic amines) is 1. The molecule has 0 bridgehead atoms. The van der Waals surface area contributed by atoms with Gasteiger partial charge in [-0.2, -0.15) is 5.10 Å². The van der Waals surface area contributed by atoms with Crippen molar-refractivity contribution in [3.05, 3.63) is 53.9 Å². The van der Waals surface area contributed by atoms with E-state index in [1.54, 1.807) is 48.2 Å². The van der Waals surface area contributed by atoms with Crippen molar-refractivity contribution in [1.82, 2.24) is 14.7 Å². The van der Waals surface area contributed by atoms with E-state index >= 15 is 0 Å². The fourth-order valence-corrected chi connectivity index (χ4v) is 3.15.